The Morgan fingerprint density at radius 2 is 1.77 bits per heavy atom. The summed E-state index contributed by atoms with van der Waals surface area (Å²) in [5.74, 6) is 1.40. The molecule has 0 aromatic heterocycles. The minimum Gasteiger partial charge on any atom is -0.393 e. The first-order valence-electron chi connectivity index (χ1n) is 5.45. The van der Waals surface area contributed by atoms with Gasteiger partial charge in [-0.3, -0.25) is 0 Å². The average molecular weight is 180 g/mol. The number of hydrogen-bond donors (Lipinski definition) is 2. The Morgan fingerprint density at radius 3 is 2.31 bits per heavy atom. The van der Waals surface area contributed by atoms with Gasteiger partial charge in [-0.2, -0.15) is 0 Å². The Balaban J connectivity index is 1.72. The van der Waals surface area contributed by atoms with Crippen molar-refractivity contribution < 1.29 is 14.7 Å². The van der Waals surface area contributed by atoms with E-state index < -0.39 is 0 Å². The van der Waals surface area contributed by atoms with Gasteiger partial charge in [-0.15, -0.1) is 0 Å². The number of piperidine rings is 2. The summed E-state index contributed by atoms with van der Waals surface area (Å²) in [6, 6.07) is 1.51. The van der Waals surface area contributed by atoms with Crippen molar-refractivity contribution in [2.24, 2.45) is 11.8 Å². The minimum absolute atomic E-state index is 0.0248. The summed E-state index contributed by atoms with van der Waals surface area (Å²) < 4.78 is 6.03. The van der Waals surface area contributed by atoms with E-state index in [9.17, 15) is 5.11 Å². The minimum atomic E-state index is -0.0248. The summed E-state index contributed by atoms with van der Waals surface area (Å²) >= 11 is 0. The molecule has 3 aliphatic carbocycles. The van der Waals surface area contributed by atoms with E-state index in [1.165, 1.54) is 0 Å². The van der Waals surface area contributed by atoms with Crippen LogP contribution in [0, 0.1) is 11.8 Å². The Bertz CT molecular complexity index is 316. The van der Waals surface area contributed by atoms with E-state index in [0.717, 1.165) is 24.9 Å². The van der Waals surface area contributed by atoms with Gasteiger partial charge in [0.05, 0.1) is 25.0 Å². The van der Waals surface area contributed by atoms with Crippen LogP contribution in [0.4, 0.5) is 0 Å². The molecule has 3 nitrogen and oxygen atoms in total. The number of ether oxygens (including phenoxy) is 1. The fourth-order valence-electron chi connectivity index (χ4n) is 5.27. The number of aliphatic hydroxyl groups is 1. The van der Waals surface area contributed by atoms with Crippen molar-refractivity contribution in [3.8, 4) is 0 Å². The molecule has 0 amide bonds. The number of likely N-dealkylation sites (tertiary alicyclic amines) is 1. The first-order valence-corrected chi connectivity index (χ1v) is 5.45. The van der Waals surface area contributed by atoms with Gasteiger partial charge in [0.1, 0.15) is 12.1 Å². The van der Waals surface area contributed by atoms with Gasteiger partial charge in [-0.05, 0) is 12.8 Å². The van der Waals surface area contributed by atoms with Crippen LogP contribution in [-0.4, -0.2) is 41.5 Å². The standard InChI is InChI=1S/C10H13NO2/c1-11-7-5-2-4(12)3-6-8(11)10(6)9(5,7)13-10/h4-8,12H,2-3H2,1H3/p+1/t4?,5?,6?,7?,8?,9-,10+. The van der Waals surface area contributed by atoms with E-state index in [1.54, 1.807) is 4.90 Å². The Morgan fingerprint density at radius 1 is 1.23 bits per heavy atom. The molecule has 5 fully saturated rings. The number of fused-ring (bicyclic) bond motifs is 2. The highest BCUT2D eigenvalue weighted by atomic mass is 16.7. The molecule has 5 rings (SSSR count). The second-order valence-corrected chi connectivity index (χ2v) is 5.73. The van der Waals surface area contributed by atoms with Gasteiger partial charge in [-0.25, -0.2) is 0 Å². The number of likely N-dealkylation sites (N-methyl/N-ethyl adjacent to an activating group) is 1. The highest BCUT2D eigenvalue weighted by molar-refractivity contribution is 5.52. The second-order valence-electron chi connectivity index (χ2n) is 5.73. The van der Waals surface area contributed by atoms with Crippen molar-refractivity contribution in [3.63, 3.8) is 0 Å². The molecule has 8 atom stereocenters. The first kappa shape index (κ1) is 6.38. The number of nitrogens with one attached hydrogen (secondary N) is 1. The van der Waals surface area contributed by atoms with Crippen LogP contribution in [0.2, 0.25) is 0 Å². The molecule has 0 radical (unpaired) electrons. The molecule has 2 N–H and O–H groups in total. The summed E-state index contributed by atoms with van der Waals surface area (Å²) in [5.41, 5.74) is 0.591. The molecule has 3 heteroatoms. The molecule has 70 valence electrons. The van der Waals surface area contributed by atoms with Crippen molar-refractivity contribution in [2.45, 2.75) is 42.2 Å². The number of hydrogen-bond acceptors (Lipinski definition) is 2. The smallest absolute Gasteiger partial charge is 0.165 e. The third-order valence-electron chi connectivity index (χ3n) is 5.55. The van der Waals surface area contributed by atoms with Gasteiger partial charge >= 0.3 is 0 Å². The molecular formula is C10H14NO2+. The van der Waals surface area contributed by atoms with Crippen LogP contribution >= 0.6 is 0 Å². The average Bonchev–Trinajstić information content (AvgIpc) is 2.91. The SMILES string of the molecule is C[NH+]1C2C3CC(O)CC4C1[C@@]41O[C@]321. The quantitative estimate of drug-likeness (QED) is 0.430. The van der Waals surface area contributed by atoms with Crippen LogP contribution in [0.5, 0.6) is 0 Å². The van der Waals surface area contributed by atoms with Gasteiger partial charge < -0.3 is 14.7 Å². The third-order valence-corrected chi connectivity index (χ3v) is 5.55. The lowest BCUT2D eigenvalue weighted by molar-refractivity contribution is -0.904. The molecular weight excluding hydrogens is 166 g/mol. The maximum Gasteiger partial charge on any atom is 0.165 e. The van der Waals surface area contributed by atoms with Gasteiger partial charge in [0, 0.05) is 0 Å². The Labute approximate surface area is 76.7 Å². The van der Waals surface area contributed by atoms with Gasteiger partial charge in [0.2, 0.25) is 0 Å². The molecule has 5 aliphatic rings. The molecule has 6 unspecified atom stereocenters. The summed E-state index contributed by atoms with van der Waals surface area (Å²) in [4.78, 5) is 1.72. The molecule has 0 aromatic carbocycles. The van der Waals surface area contributed by atoms with Crippen LogP contribution < -0.4 is 4.90 Å². The fourth-order valence-corrected chi connectivity index (χ4v) is 5.27. The monoisotopic (exact) mass is 180 g/mol. The van der Waals surface area contributed by atoms with Crippen molar-refractivity contribution in [3.05, 3.63) is 0 Å². The number of morpholine rings is 1. The normalized spacial score (nSPS) is 85.4. The lowest BCUT2D eigenvalue weighted by atomic mass is 10.1. The lowest BCUT2D eigenvalue weighted by Gasteiger charge is -2.17. The number of quaternary nitrogens is 1. The molecule has 2 aliphatic heterocycles. The van der Waals surface area contributed by atoms with Crippen molar-refractivity contribution in [1.29, 1.82) is 0 Å². The predicted molar refractivity (Wildman–Crippen MR) is 43.2 cm³/mol. The van der Waals surface area contributed by atoms with Crippen LogP contribution in [-0.2, 0) is 4.74 Å². The third kappa shape index (κ3) is 0.358. The van der Waals surface area contributed by atoms with E-state index in [4.69, 9.17) is 4.74 Å². The number of rotatable bonds is 0. The van der Waals surface area contributed by atoms with Crippen molar-refractivity contribution in [2.75, 3.05) is 7.05 Å². The largest absolute Gasteiger partial charge is 0.393 e. The van der Waals surface area contributed by atoms with Crippen LogP contribution in [0.15, 0.2) is 0 Å². The Hall–Kier alpha value is -0.120. The van der Waals surface area contributed by atoms with Crippen molar-refractivity contribution in [1.82, 2.24) is 0 Å². The predicted octanol–water partition coefficient (Wildman–Crippen LogP) is -1.83. The van der Waals surface area contributed by atoms with Gasteiger partial charge in [-0.1, -0.05) is 0 Å². The van der Waals surface area contributed by atoms with E-state index in [0.29, 0.717) is 23.0 Å². The Kier molecular flexibility index (Phi) is 0.638. The topological polar surface area (TPSA) is 37.2 Å². The molecule has 2 spiro atoms. The van der Waals surface area contributed by atoms with E-state index >= 15 is 0 Å². The highest BCUT2D eigenvalue weighted by Gasteiger charge is 3.11. The molecule has 3 saturated carbocycles. The maximum atomic E-state index is 9.77. The fraction of sp³-hybridized carbons (Fsp3) is 1.00. The van der Waals surface area contributed by atoms with Crippen molar-refractivity contribution >= 4 is 0 Å². The zero-order valence-electron chi connectivity index (χ0n) is 7.66. The second kappa shape index (κ2) is 1.30. The molecule has 13 heavy (non-hydrogen) atoms. The van der Waals surface area contributed by atoms with Crippen LogP contribution in [0.3, 0.4) is 0 Å². The van der Waals surface area contributed by atoms with Crippen LogP contribution in [0.1, 0.15) is 12.8 Å². The van der Waals surface area contributed by atoms with E-state index in [2.05, 4.69) is 7.05 Å². The first-order chi connectivity index (χ1) is 6.23. The summed E-state index contributed by atoms with van der Waals surface area (Å²) in [5, 5.41) is 9.77. The highest BCUT2D eigenvalue weighted by Crippen LogP contribution is 2.85. The number of epoxide rings is 1. The zero-order chi connectivity index (χ0) is 8.59. The molecule has 0 bridgehead atoms. The molecule has 2 saturated heterocycles. The summed E-state index contributed by atoms with van der Waals surface area (Å²) in [6.45, 7) is 0. The maximum absolute atomic E-state index is 9.77. The van der Waals surface area contributed by atoms with E-state index in [1.807, 2.05) is 0 Å². The zero-order valence-corrected chi connectivity index (χ0v) is 7.66. The molecule has 0 aromatic rings. The lowest BCUT2D eigenvalue weighted by Crippen LogP contribution is -3.12. The summed E-state index contributed by atoms with van der Waals surface area (Å²) in [6.07, 6.45) is 1.99. The van der Waals surface area contributed by atoms with Gasteiger partial charge in [0.15, 0.2) is 11.2 Å². The van der Waals surface area contributed by atoms with Gasteiger partial charge in [0.25, 0.3) is 0 Å². The molecule has 2 heterocycles. The van der Waals surface area contributed by atoms with Crippen LogP contribution in [0.25, 0.3) is 0 Å². The number of aliphatic hydroxyl groups excluding tert-OH is 1. The summed E-state index contributed by atoms with van der Waals surface area (Å²) in [7, 11) is 2.33. The van der Waals surface area contributed by atoms with E-state index in [-0.39, 0.29) is 6.10 Å².